The molecule has 2 unspecified atom stereocenters. The van der Waals surface area contributed by atoms with Gasteiger partial charge in [-0.25, -0.2) is 9.18 Å². The first-order chi connectivity index (χ1) is 7.05. The van der Waals surface area contributed by atoms with Crippen LogP contribution in [0, 0.1) is 0 Å². The van der Waals surface area contributed by atoms with Crippen LogP contribution in [0.4, 0.5) is 9.18 Å². The van der Waals surface area contributed by atoms with Gasteiger partial charge in [0.2, 0.25) is 0 Å². The third-order valence-electron chi connectivity index (χ3n) is 2.45. The third-order valence-corrected chi connectivity index (χ3v) is 2.45. The van der Waals surface area contributed by atoms with Crippen molar-refractivity contribution in [3.05, 3.63) is 24.0 Å². The number of aliphatic hydroxyl groups is 1. The Morgan fingerprint density at radius 1 is 1.87 bits per heavy atom. The van der Waals surface area contributed by atoms with Crippen LogP contribution in [0.1, 0.15) is 6.42 Å². The number of alkyl halides is 1. The molecule has 0 aromatic rings. The zero-order chi connectivity index (χ0) is 11.1. The van der Waals surface area contributed by atoms with E-state index in [-0.39, 0.29) is 6.42 Å². The van der Waals surface area contributed by atoms with Crippen molar-refractivity contribution in [1.29, 1.82) is 0 Å². The quantitative estimate of drug-likeness (QED) is 0.594. The monoisotopic (exact) mass is 213 g/mol. The second-order valence-corrected chi connectivity index (χ2v) is 3.68. The minimum Gasteiger partial charge on any atom is -0.393 e. The Morgan fingerprint density at radius 3 is 3.13 bits per heavy atom. The molecule has 6 heteroatoms. The van der Waals surface area contributed by atoms with Crippen LogP contribution < -0.4 is 11.1 Å². The van der Waals surface area contributed by atoms with Gasteiger partial charge in [0.15, 0.2) is 5.67 Å². The van der Waals surface area contributed by atoms with Crippen molar-refractivity contribution in [2.75, 3.05) is 6.61 Å². The lowest BCUT2D eigenvalue weighted by molar-refractivity contribution is 0.170. The Labute approximate surface area is 86.0 Å². The van der Waals surface area contributed by atoms with Crippen LogP contribution in [0.15, 0.2) is 24.0 Å². The number of carbonyl (C=O) groups excluding carboxylic acids is 1. The zero-order valence-electron chi connectivity index (χ0n) is 7.98. The normalized spacial score (nSPS) is 37.0. The number of nitrogens with one attached hydrogen (secondary N) is 1. The summed E-state index contributed by atoms with van der Waals surface area (Å²) in [5.74, 6) is 0. The first-order valence-electron chi connectivity index (χ1n) is 4.59. The van der Waals surface area contributed by atoms with E-state index in [1.807, 2.05) is 0 Å². The van der Waals surface area contributed by atoms with Gasteiger partial charge in [0, 0.05) is 18.8 Å². The predicted molar refractivity (Wildman–Crippen MR) is 51.1 cm³/mol. The molecule has 1 fully saturated rings. The fourth-order valence-corrected chi connectivity index (χ4v) is 1.36. The molecule has 1 heterocycles. The van der Waals surface area contributed by atoms with E-state index in [9.17, 15) is 9.18 Å². The molecule has 2 atom stereocenters. The van der Waals surface area contributed by atoms with Gasteiger partial charge < -0.3 is 16.2 Å². The third kappa shape index (κ3) is 1.86. The number of rotatable bonds is 2. The molecule has 82 valence electrons. The molecule has 0 spiro atoms. The zero-order valence-corrected chi connectivity index (χ0v) is 7.98. The van der Waals surface area contributed by atoms with Crippen molar-refractivity contribution < 1.29 is 14.3 Å². The minimum absolute atomic E-state index is 0.174. The maximum atomic E-state index is 13.3. The Kier molecular flexibility index (Phi) is 2.24. The molecule has 0 aromatic carbocycles. The van der Waals surface area contributed by atoms with E-state index in [1.165, 1.54) is 17.3 Å². The molecule has 0 aromatic heterocycles. The molecule has 0 saturated heterocycles. The Morgan fingerprint density at radius 2 is 2.60 bits per heavy atom. The van der Waals surface area contributed by atoms with Crippen molar-refractivity contribution in [1.82, 2.24) is 10.2 Å². The summed E-state index contributed by atoms with van der Waals surface area (Å²) in [6.45, 7) is -0.544. The van der Waals surface area contributed by atoms with E-state index >= 15 is 0 Å². The second kappa shape index (κ2) is 3.32. The van der Waals surface area contributed by atoms with E-state index in [2.05, 4.69) is 5.32 Å². The number of amides is 2. The molecule has 5 nitrogen and oxygen atoms in total. The molecule has 2 amide bonds. The van der Waals surface area contributed by atoms with E-state index in [1.54, 1.807) is 6.08 Å². The molecule has 4 N–H and O–H groups in total. The highest BCUT2D eigenvalue weighted by Crippen LogP contribution is 2.46. The average Bonchev–Trinajstić information content (AvgIpc) is 2.83. The summed E-state index contributed by atoms with van der Waals surface area (Å²) in [5.41, 5.74) is 4.22. The van der Waals surface area contributed by atoms with Gasteiger partial charge in [-0.05, 0) is 11.6 Å². The van der Waals surface area contributed by atoms with Gasteiger partial charge >= 0.3 is 6.03 Å². The van der Waals surface area contributed by atoms with Gasteiger partial charge in [-0.15, -0.1) is 0 Å². The summed E-state index contributed by atoms with van der Waals surface area (Å²) in [5, 5.41) is 11.2. The lowest BCUT2D eigenvalue weighted by Crippen LogP contribution is -2.47. The summed E-state index contributed by atoms with van der Waals surface area (Å²) < 4.78 is 13.3. The highest BCUT2D eigenvalue weighted by molar-refractivity contribution is 5.78. The molecular weight excluding hydrogens is 201 g/mol. The first-order valence-corrected chi connectivity index (χ1v) is 4.59. The van der Waals surface area contributed by atoms with Gasteiger partial charge in [0.1, 0.15) is 0 Å². The van der Waals surface area contributed by atoms with E-state index in [0.29, 0.717) is 5.57 Å². The van der Waals surface area contributed by atoms with Crippen molar-refractivity contribution in [3.8, 4) is 0 Å². The summed E-state index contributed by atoms with van der Waals surface area (Å²) in [4.78, 5) is 12.5. The Hall–Kier alpha value is -1.40. The maximum absolute atomic E-state index is 13.3. The van der Waals surface area contributed by atoms with Gasteiger partial charge in [-0.1, -0.05) is 0 Å². The van der Waals surface area contributed by atoms with Crippen molar-refractivity contribution in [2.45, 2.75) is 18.3 Å². The van der Waals surface area contributed by atoms with Gasteiger partial charge in [-0.2, -0.15) is 0 Å². The summed E-state index contributed by atoms with van der Waals surface area (Å²) in [6, 6.07) is -0.398. The Bertz CT molecular complexity index is 355. The number of urea groups is 1. The van der Waals surface area contributed by atoms with E-state index in [0.717, 1.165) is 0 Å². The number of carbonyl (C=O) groups is 1. The van der Waals surface area contributed by atoms with Crippen LogP contribution in [0.2, 0.25) is 0 Å². The van der Waals surface area contributed by atoms with Gasteiger partial charge in [0.25, 0.3) is 0 Å². The molecule has 0 bridgehead atoms. The molecule has 2 aliphatic rings. The lowest BCUT2D eigenvalue weighted by Gasteiger charge is -2.22. The van der Waals surface area contributed by atoms with Crippen LogP contribution >= 0.6 is 0 Å². The number of hydrogen-bond donors (Lipinski definition) is 3. The smallest absolute Gasteiger partial charge is 0.326 e. The van der Waals surface area contributed by atoms with Crippen molar-refractivity contribution >= 4 is 6.03 Å². The summed E-state index contributed by atoms with van der Waals surface area (Å²) in [7, 11) is 0. The highest BCUT2D eigenvalue weighted by Gasteiger charge is 2.50. The van der Waals surface area contributed by atoms with Crippen molar-refractivity contribution in [2.24, 2.45) is 5.73 Å². The minimum atomic E-state index is -1.63. The van der Waals surface area contributed by atoms with E-state index in [4.69, 9.17) is 10.8 Å². The number of nitrogens with zero attached hydrogens (tertiary/aromatic N) is 1. The summed E-state index contributed by atoms with van der Waals surface area (Å²) in [6.07, 6.45) is 4.12. The Balaban J connectivity index is 2.08. The topological polar surface area (TPSA) is 78.6 Å². The number of aliphatic hydroxyl groups excluding tert-OH is 1. The fourth-order valence-electron chi connectivity index (χ4n) is 1.36. The van der Waals surface area contributed by atoms with Crippen LogP contribution in [-0.4, -0.2) is 34.5 Å². The lowest BCUT2D eigenvalue weighted by atomic mass is 10.3. The molecule has 2 rings (SSSR count). The SMILES string of the molecule is NC1C=CN(/C=C2/CC2(F)CO)C(=O)N1. The summed E-state index contributed by atoms with van der Waals surface area (Å²) >= 11 is 0. The predicted octanol–water partition coefficient (Wildman–Crippen LogP) is -0.202. The van der Waals surface area contributed by atoms with Crippen LogP contribution in [0.5, 0.6) is 0 Å². The maximum Gasteiger partial charge on any atom is 0.326 e. The van der Waals surface area contributed by atoms with Crippen LogP contribution in [0.3, 0.4) is 0 Å². The van der Waals surface area contributed by atoms with Crippen LogP contribution in [-0.2, 0) is 0 Å². The van der Waals surface area contributed by atoms with Crippen molar-refractivity contribution in [3.63, 3.8) is 0 Å². The molecular formula is C9H12FN3O2. The van der Waals surface area contributed by atoms with Gasteiger partial charge in [0.05, 0.1) is 12.8 Å². The van der Waals surface area contributed by atoms with E-state index < -0.39 is 24.5 Å². The highest BCUT2D eigenvalue weighted by atomic mass is 19.1. The average molecular weight is 213 g/mol. The number of halogens is 1. The second-order valence-electron chi connectivity index (χ2n) is 3.68. The molecule has 1 saturated carbocycles. The largest absolute Gasteiger partial charge is 0.393 e. The molecule has 1 aliphatic carbocycles. The molecule has 1 aliphatic heterocycles. The molecule has 0 radical (unpaired) electrons. The number of nitrogens with two attached hydrogens (primary N) is 1. The molecule has 15 heavy (non-hydrogen) atoms. The standard InChI is InChI=1S/C9H12FN3O2/c10-9(5-14)3-6(9)4-13-2-1-7(11)12-8(13)15/h1-2,4,7,14H,3,5,11H2,(H,12,15)/b6-4-. The number of hydrogen-bond acceptors (Lipinski definition) is 3. The van der Waals surface area contributed by atoms with Gasteiger partial charge in [-0.3, -0.25) is 4.90 Å². The fraction of sp³-hybridized carbons (Fsp3) is 0.444. The first kappa shape index (κ1) is 10.1. The van der Waals surface area contributed by atoms with Crippen LogP contribution in [0.25, 0.3) is 0 Å².